The van der Waals surface area contributed by atoms with Crippen LogP contribution in [0.2, 0.25) is 0 Å². The molecule has 1 atom stereocenters. The molecule has 1 heterocycles. The SMILES string of the molecule is O=C1CCC2(CC1)CC2C(=O)N(CCO)Cc1ccsc1. The van der Waals surface area contributed by atoms with Crippen molar-refractivity contribution in [1.82, 2.24) is 4.90 Å². The molecular formula is C16H21NO3S. The van der Waals surface area contributed by atoms with Crippen LogP contribution in [-0.4, -0.2) is 34.8 Å². The van der Waals surface area contributed by atoms with Gasteiger partial charge in [0.1, 0.15) is 5.78 Å². The van der Waals surface area contributed by atoms with E-state index in [1.807, 2.05) is 16.8 Å². The number of aliphatic hydroxyl groups excluding tert-OH is 1. The number of thiophene rings is 1. The molecule has 0 radical (unpaired) electrons. The highest BCUT2D eigenvalue weighted by molar-refractivity contribution is 7.07. The Hall–Kier alpha value is -1.20. The lowest BCUT2D eigenvalue weighted by atomic mass is 9.83. The van der Waals surface area contributed by atoms with Crippen LogP contribution in [0.25, 0.3) is 0 Å². The van der Waals surface area contributed by atoms with Gasteiger partial charge in [-0.05, 0) is 47.1 Å². The van der Waals surface area contributed by atoms with Gasteiger partial charge in [-0.15, -0.1) is 0 Å². The third kappa shape index (κ3) is 3.04. The lowest BCUT2D eigenvalue weighted by Gasteiger charge is -2.25. The van der Waals surface area contributed by atoms with E-state index in [1.165, 1.54) is 0 Å². The van der Waals surface area contributed by atoms with Crippen LogP contribution in [-0.2, 0) is 16.1 Å². The number of aliphatic hydroxyl groups is 1. The highest BCUT2D eigenvalue weighted by atomic mass is 32.1. The van der Waals surface area contributed by atoms with Gasteiger partial charge in [0.15, 0.2) is 0 Å². The molecule has 0 bridgehead atoms. The molecule has 1 amide bonds. The van der Waals surface area contributed by atoms with Crippen molar-refractivity contribution < 1.29 is 14.7 Å². The van der Waals surface area contributed by atoms with Gasteiger partial charge in [0.25, 0.3) is 0 Å². The fourth-order valence-electron chi connectivity index (χ4n) is 3.49. The number of Topliss-reactive ketones (excluding diaryl/α,β-unsaturated/α-hetero) is 1. The van der Waals surface area contributed by atoms with E-state index < -0.39 is 0 Å². The van der Waals surface area contributed by atoms with Gasteiger partial charge in [-0.3, -0.25) is 9.59 Å². The first-order chi connectivity index (χ1) is 10.1. The number of hydrogen-bond donors (Lipinski definition) is 1. The summed E-state index contributed by atoms with van der Waals surface area (Å²) in [4.78, 5) is 25.9. The van der Waals surface area contributed by atoms with E-state index in [4.69, 9.17) is 0 Å². The second-order valence-electron chi connectivity index (χ2n) is 6.27. The summed E-state index contributed by atoms with van der Waals surface area (Å²) in [7, 11) is 0. The van der Waals surface area contributed by atoms with Crippen molar-refractivity contribution in [3.05, 3.63) is 22.4 Å². The quantitative estimate of drug-likeness (QED) is 0.907. The van der Waals surface area contributed by atoms with Crippen LogP contribution < -0.4 is 0 Å². The third-order valence-corrected chi connectivity index (χ3v) is 5.66. The summed E-state index contributed by atoms with van der Waals surface area (Å²) in [6, 6.07) is 2.02. The molecule has 0 aliphatic heterocycles. The van der Waals surface area contributed by atoms with Gasteiger partial charge in [0.05, 0.1) is 6.61 Å². The smallest absolute Gasteiger partial charge is 0.226 e. The Morgan fingerprint density at radius 2 is 2.19 bits per heavy atom. The summed E-state index contributed by atoms with van der Waals surface area (Å²) in [5, 5.41) is 13.3. The Balaban J connectivity index is 1.64. The molecule has 3 rings (SSSR count). The number of nitrogens with zero attached hydrogens (tertiary/aromatic N) is 1. The molecule has 1 unspecified atom stereocenters. The van der Waals surface area contributed by atoms with Gasteiger partial charge in [0, 0.05) is 31.8 Å². The molecule has 2 aliphatic rings. The summed E-state index contributed by atoms with van der Waals surface area (Å²) in [5.74, 6) is 0.560. The maximum absolute atomic E-state index is 12.7. The van der Waals surface area contributed by atoms with Crippen molar-refractivity contribution in [3.8, 4) is 0 Å². The number of carbonyl (C=O) groups is 2. The Labute approximate surface area is 128 Å². The molecule has 2 aliphatic carbocycles. The molecule has 1 aromatic heterocycles. The number of ketones is 1. The molecular weight excluding hydrogens is 286 g/mol. The molecule has 1 N–H and O–H groups in total. The number of carbonyl (C=O) groups excluding carboxylic acids is 2. The predicted octanol–water partition coefficient (Wildman–Crippen LogP) is 2.22. The van der Waals surface area contributed by atoms with Crippen LogP contribution in [0.5, 0.6) is 0 Å². The first-order valence-corrected chi connectivity index (χ1v) is 8.51. The number of amides is 1. The average Bonchev–Trinajstić information content (AvgIpc) is 2.92. The second-order valence-corrected chi connectivity index (χ2v) is 7.05. The molecule has 0 aromatic carbocycles. The molecule has 0 saturated heterocycles. The van der Waals surface area contributed by atoms with Gasteiger partial charge < -0.3 is 10.0 Å². The zero-order valence-electron chi connectivity index (χ0n) is 12.1. The second kappa shape index (κ2) is 5.89. The summed E-state index contributed by atoms with van der Waals surface area (Å²) in [6.07, 6.45) is 3.93. The van der Waals surface area contributed by atoms with Crippen molar-refractivity contribution in [3.63, 3.8) is 0 Å². The first-order valence-electron chi connectivity index (χ1n) is 7.57. The normalized spacial score (nSPS) is 23.3. The Bertz CT molecular complexity index is 516. The summed E-state index contributed by atoms with van der Waals surface area (Å²) in [5.41, 5.74) is 1.21. The van der Waals surface area contributed by atoms with E-state index in [-0.39, 0.29) is 23.8 Å². The van der Waals surface area contributed by atoms with E-state index in [9.17, 15) is 14.7 Å². The van der Waals surface area contributed by atoms with Crippen molar-refractivity contribution >= 4 is 23.0 Å². The van der Waals surface area contributed by atoms with E-state index in [0.29, 0.717) is 31.7 Å². The first kappa shape index (κ1) is 14.7. The van der Waals surface area contributed by atoms with Crippen LogP contribution in [0.4, 0.5) is 0 Å². The van der Waals surface area contributed by atoms with Gasteiger partial charge in [-0.2, -0.15) is 11.3 Å². The van der Waals surface area contributed by atoms with Crippen LogP contribution >= 0.6 is 11.3 Å². The minimum Gasteiger partial charge on any atom is -0.395 e. The molecule has 1 spiro atoms. The van der Waals surface area contributed by atoms with E-state index >= 15 is 0 Å². The van der Waals surface area contributed by atoms with E-state index in [2.05, 4.69) is 0 Å². The number of rotatable bonds is 5. The molecule has 114 valence electrons. The zero-order valence-corrected chi connectivity index (χ0v) is 12.9. The van der Waals surface area contributed by atoms with Gasteiger partial charge >= 0.3 is 0 Å². The molecule has 2 fully saturated rings. The van der Waals surface area contributed by atoms with Crippen LogP contribution in [0.3, 0.4) is 0 Å². The summed E-state index contributed by atoms with van der Waals surface area (Å²) >= 11 is 1.62. The fourth-order valence-corrected chi connectivity index (χ4v) is 4.15. The fraction of sp³-hybridized carbons (Fsp3) is 0.625. The summed E-state index contributed by atoms with van der Waals surface area (Å²) < 4.78 is 0. The molecule has 1 aromatic rings. The van der Waals surface area contributed by atoms with Gasteiger partial charge in [-0.25, -0.2) is 0 Å². The standard InChI is InChI=1S/C16H21NO3S/c18-7-6-17(10-12-3-8-21-11-12)15(20)14-9-16(14)4-1-13(19)2-5-16/h3,8,11,14,18H,1-2,4-7,9-10H2. The Kier molecular flexibility index (Phi) is 4.13. The lowest BCUT2D eigenvalue weighted by Crippen LogP contribution is -2.36. The van der Waals surface area contributed by atoms with Crippen molar-refractivity contribution in [2.45, 2.75) is 38.6 Å². The van der Waals surface area contributed by atoms with Crippen molar-refractivity contribution in [2.24, 2.45) is 11.3 Å². The third-order valence-electron chi connectivity index (χ3n) is 4.93. The van der Waals surface area contributed by atoms with Crippen molar-refractivity contribution in [1.29, 1.82) is 0 Å². The Morgan fingerprint density at radius 1 is 1.43 bits per heavy atom. The molecule has 5 heteroatoms. The monoisotopic (exact) mass is 307 g/mol. The van der Waals surface area contributed by atoms with E-state index in [0.717, 1.165) is 24.8 Å². The van der Waals surface area contributed by atoms with Crippen LogP contribution in [0, 0.1) is 11.3 Å². The maximum Gasteiger partial charge on any atom is 0.226 e. The highest BCUT2D eigenvalue weighted by Crippen LogP contribution is 2.61. The largest absolute Gasteiger partial charge is 0.395 e. The average molecular weight is 307 g/mol. The highest BCUT2D eigenvalue weighted by Gasteiger charge is 2.59. The van der Waals surface area contributed by atoms with Gasteiger partial charge in [0.2, 0.25) is 5.91 Å². The summed E-state index contributed by atoms with van der Waals surface area (Å²) in [6.45, 7) is 0.961. The molecule has 2 saturated carbocycles. The lowest BCUT2D eigenvalue weighted by molar-refractivity contribution is -0.135. The molecule has 4 nitrogen and oxygen atoms in total. The van der Waals surface area contributed by atoms with Crippen LogP contribution in [0.15, 0.2) is 16.8 Å². The maximum atomic E-state index is 12.7. The van der Waals surface area contributed by atoms with Gasteiger partial charge in [-0.1, -0.05) is 0 Å². The topological polar surface area (TPSA) is 57.6 Å². The van der Waals surface area contributed by atoms with E-state index in [1.54, 1.807) is 16.2 Å². The predicted molar refractivity (Wildman–Crippen MR) is 80.8 cm³/mol. The Morgan fingerprint density at radius 3 is 2.81 bits per heavy atom. The van der Waals surface area contributed by atoms with Crippen molar-refractivity contribution in [2.75, 3.05) is 13.2 Å². The van der Waals surface area contributed by atoms with Crippen LogP contribution in [0.1, 0.15) is 37.7 Å². The minimum atomic E-state index is -0.00587. The zero-order chi connectivity index (χ0) is 14.9. The minimum absolute atomic E-state index is 0.00587. The number of hydrogen-bond acceptors (Lipinski definition) is 4. The molecule has 21 heavy (non-hydrogen) atoms.